The van der Waals surface area contributed by atoms with Gasteiger partial charge in [-0.1, -0.05) is 0 Å². The first-order valence-corrected chi connectivity index (χ1v) is 8.84. The van der Waals surface area contributed by atoms with Crippen LogP contribution in [0.1, 0.15) is 5.56 Å². The fourth-order valence-electron chi connectivity index (χ4n) is 3.18. The molecule has 0 saturated carbocycles. The highest BCUT2D eigenvalue weighted by Gasteiger charge is 2.21. The van der Waals surface area contributed by atoms with Crippen molar-refractivity contribution in [3.05, 3.63) is 28.1 Å². The summed E-state index contributed by atoms with van der Waals surface area (Å²) in [7, 11) is 2.95. The third kappa shape index (κ3) is 4.35. The van der Waals surface area contributed by atoms with Gasteiger partial charge in [0.2, 0.25) is 11.5 Å². The molecule has 148 valence electrons. The van der Waals surface area contributed by atoms with Gasteiger partial charge in [-0.15, -0.1) is 0 Å². The van der Waals surface area contributed by atoms with Crippen molar-refractivity contribution >= 4 is 11.0 Å². The van der Waals surface area contributed by atoms with Gasteiger partial charge in [0.1, 0.15) is 12.7 Å². The third-order valence-corrected chi connectivity index (χ3v) is 4.53. The van der Waals surface area contributed by atoms with Crippen molar-refractivity contribution in [2.45, 2.75) is 13.0 Å². The molecule has 1 aliphatic rings. The van der Waals surface area contributed by atoms with Crippen LogP contribution in [-0.4, -0.2) is 69.8 Å². The maximum atomic E-state index is 11.7. The Morgan fingerprint density at radius 1 is 1.19 bits per heavy atom. The minimum atomic E-state index is -0.663. The summed E-state index contributed by atoms with van der Waals surface area (Å²) in [5.74, 6) is 1.02. The van der Waals surface area contributed by atoms with E-state index in [9.17, 15) is 9.90 Å². The molecule has 2 aromatic rings. The number of aliphatic hydroxyl groups excluding tert-OH is 1. The lowest BCUT2D eigenvalue weighted by atomic mass is 10.1. The minimum Gasteiger partial charge on any atom is -0.490 e. The molecule has 1 aliphatic heterocycles. The number of aryl methyl sites for hydroxylation is 1. The van der Waals surface area contributed by atoms with E-state index in [0.717, 1.165) is 18.7 Å². The molecular formula is C19H25NO7. The van der Waals surface area contributed by atoms with Gasteiger partial charge in [0.15, 0.2) is 11.3 Å². The molecule has 0 amide bonds. The van der Waals surface area contributed by atoms with Gasteiger partial charge in [0.05, 0.1) is 27.4 Å². The van der Waals surface area contributed by atoms with Gasteiger partial charge in [-0.3, -0.25) is 4.90 Å². The summed E-state index contributed by atoms with van der Waals surface area (Å²) >= 11 is 0. The summed E-state index contributed by atoms with van der Waals surface area (Å²) < 4.78 is 27.3. The van der Waals surface area contributed by atoms with Crippen molar-refractivity contribution in [3.63, 3.8) is 0 Å². The van der Waals surface area contributed by atoms with E-state index in [4.69, 9.17) is 23.4 Å². The van der Waals surface area contributed by atoms with Crippen LogP contribution in [0.4, 0.5) is 0 Å². The fourth-order valence-corrected chi connectivity index (χ4v) is 3.18. The van der Waals surface area contributed by atoms with E-state index in [-0.39, 0.29) is 12.4 Å². The van der Waals surface area contributed by atoms with Crippen LogP contribution in [0, 0.1) is 6.92 Å². The van der Waals surface area contributed by atoms with Gasteiger partial charge < -0.3 is 28.5 Å². The summed E-state index contributed by atoms with van der Waals surface area (Å²) in [5.41, 5.74) is 0.580. The van der Waals surface area contributed by atoms with Crippen molar-refractivity contribution in [3.8, 4) is 17.2 Å². The molecule has 3 rings (SSSR count). The van der Waals surface area contributed by atoms with E-state index < -0.39 is 11.7 Å². The summed E-state index contributed by atoms with van der Waals surface area (Å²) in [6, 6.07) is 3.14. The lowest BCUT2D eigenvalue weighted by Crippen LogP contribution is -2.42. The molecule has 1 unspecified atom stereocenters. The molecule has 1 atom stereocenters. The molecule has 0 aliphatic carbocycles. The Bertz CT molecular complexity index is 842. The number of methoxy groups -OCH3 is 2. The first kappa shape index (κ1) is 19.5. The Balaban J connectivity index is 1.83. The highest BCUT2D eigenvalue weighted by Crippen LogP contribution is 2.43. The van der Waals surface area contributed by atoms with Gasteiger partial charge in [0.25, 0.3) is 0 Å². The second-order valence-corrected chi connectivity index (χ2v) is 6.44. The monoisotopic (exact) mass is 379 g/mol. The van der Waals surface area contributed by atoms with E-state index >= 15 is 0 Å². The Kier molecular flexibility index (Phi) is 6.20. The molecule has 1 N–H and O–H groups in total. The number of ether oxygens (including phenoxy) is 4. The van der Waals surface area contributed by atoms with E-state index in [1.807, 2.05) is 6.92 Å². The first-order valence-electron chi connectivity index (χ1n) is 8.84. The SMILES string of the molecule is COc1c(OCC(O)CN2CCOCC2)cc2c(C)cc(=O)oc2c1OC. The zero-order valence-electron chi connectivity index (χ0n) is 15.8. The molecule has 1 saturated heterocycles. The molecule has 1 aromatic carbocycles. The largest absolute Gasteiger partial charge is 0.490 e. The molecular weight excluding hydrogens is 354 g/mol. The van der Waals surface area contributed by atoms with Crippen molar-refractivity contribution in [1.29, 1.82) is 0 Å². The van der Waals surface area contributed by atoms with E-state index in [1.54, 1.807) is 6.07 Å². The smallest absolute Gasteiger partial charge is 0.336 e. The Morgan fingerprint density at radius 3 is 2.56 bits per heavy atom. The van der Waals surface area contributed by atoms with E-state index in [0.29, 0.717) is 42.2 Å². The van der Waals surface area contributed by atoms with Crippen molar-refractivity contribution < 1.29 is 28.5 Å². The minimum absolute atomic E-state index is 0.0954. The van der Waals surface area contributed by atoms with Crippen molar-refractivity contribution in [2.24, 2.45) is 0 Å². The molecule has 1 aromatic heterocycles. The number of hydrogen-bond acceptors (Lipinski definition) is 8. The average molecular weight is 379 g/mol. The molecule has 2 heterocycles. The van der Waals surface area contributed by atoms with Crippen LogP contribution in [0.25, 0.3) is 11.0 Å². The highest BCUT2D eigenvalue weighted by molar-refractivity contribution is 5.90. The number of β-amino-alcohol motifs (C(OH)–C–C–N with tert-alkyl or cyclic N) is 1. The fraction of sp³-hybridized carbons (Fsp3) is 0.526. The molecule has 0 bridgehead atoms. The van der Waals surface area contributed by atoms with Gasteiger partial charge in [-0.2, -0.15) is 0 Å². The van der Waals surface area contributed by atoms with Gasteiger partial charge in [0, 0.05) is 31.1 Å². The molecule has 8 nitrogen and oxygen atoms in total. The van der Waals surface area contributed by atoms with Crippen molar-refractivity contribution in [1.82, 2.24) is 4.90 Å². The van der Waals surface area contributed by atoms with E-state index in [1.165, 1.54) is 20.3 Å². The Hall–Kier alpha value is -2.29. The Morgan fingerprint density at radius 2 is 1.89 bits per heavy atom. The maximum absolute atomic E-state index is 11.7. The lowest BCUT2D eigenvalue weighted by Gasteiger charge is -2.28. The number of fused-ring (bicyclic) bond motifs is 1. The number of rotatable bonds is 7. The molecule has 8 heteroatoms. The average Bonchev–Trinajstić information content (AvgIpc) is 2.66. The van der Waals surface area contributed by atoms with Crippen LogP contribution < -0.4 is 19.8 Å². The van der Waals surface area contributed by atoms with Gasteiger partial charge in [-0.25, -0.2) is 4.79 Å². The second kappa shape index (κ2) is 8.60. The Labute approximate surface area is 157 Å². The van der Waals surface area contributed by atoms with Gasteiger partial charge in [-0.05, 0) is 18.6 Å². The zero-order chi connectivity index (χ0) is 19.4. The normalized spacial score (nSPS) is 16.3. The molecule has 27 heavy (non-hydrogen) atoms. The topological polar surface area (TPSA) is 90.6 Å². The number of aliphatic hydroxyl groups is 1. The summed E-state index contributed by atoms with van der Waals surface area (Å²) in [6.45, 7) is 5.34. The van der Waals surface area contributed by atoms with Crippen LogP contribution in [0.2, 0.25) is 0 Å². The second-order valence-electron chi connectivity index (χ2n) is 6.44. The van der Waals surface area contributed by atoms with Gasteiger partial charge >= 0.3 is 5.63 Å². The predicted octanol–water partition coefficient (Wildman–Crippen LogP) is 1.19. The molecule has 0 radical (unpaired) electrons. The predicted molar refractivity (Wildman–Crippen MR) is 99.1 cm³/mol. The van der Waals surface area contributed by atoms with Crippen molar-refractivity contribution in [2.75, 3.05) is 53.7 Å². The van der Waals surface area contributed by atoms with Crippen LogP contribution in [-0.2, 0) is 4.74 Å². The summed E-state index contributed by atoms with van der Waals surface area (Å²) in [5, 5.41) is 11.0. The van der Waals surface area contributed by atoms with E-state index in [2.05, 4.69) is 4.90 Å². The third-order valence-electron chi connectivity index (χ3n) is 4.53. The van der Waals surface area contributed by atoms with Crippen LogP contribution in [0.5, 0.6) is 17.2 Å². The lowest BCUT2D eigenvalue weighted by molar-refractivity contribution is 0.00443. The van der Waals surface area contributed by atoms with Crippen LogP contribution in [0.15, 0.2) is 21.3 Å². The summed E-state index contributed by atoms with van der Waals surface area (Å²) in [6.07, 6.45) is -0.663. The molecule has 1 fully saturated rings. The number of hydrogen-bond donors (Lipinski definition) is 1. The maximum Gasteiger partial charge on any atom is 0.336 e. The standard InChI is InChI=1S/C19H25NO7/c1-12-8-16(22)27-17-14(12)9-15(18(23-2)19(17)24-3)26-11-13(21)10-20-4-6-25-7-5-20/h8-9,13,21H,4-7,10-11H2,1-3H3. The highest BCUT2D eigenvalue weighted by atomic mass is 16.5. The number of nitrogens with zero attached hydrogens (tertiary/aromatic N) is 1. The number of morpholine rings is 1. The van der Waals surface area contributed by atoms with Crippen LogP contribution >= 0.6 is 0 Å². The zero-order valence-corrected chi connectivity index (χ0v) is 15.8. The molecule has 0 spiro atoms. The first-order chi connectivity index (χ1) is 13.0. The van der Waals surface area contributed by atoms with Crippen LogP contribution in [0.3, 0.4) is 0 Å². The number of benzene rings is 1. The summed E-state index contributed by atoms with van der Waals surface area (Å²) in [4.78, 5) is 13.9. The quantitative estimate of drug-likeness (QED) is 0.718.